The Morgan fingerprint density at radius 1 is 1.05 bits per heavy atom. The number of hydrogen-bond acceptors (Lipinski definition) is 3. The van der Waals surface area contributed by atoms with Crippen LogP contribution in [-0.4, -0.2) is 20.6 Å². The van der Waals surface area contributed by atoms with E-state index in [1.807, 2.05) is 30.3 Å². The molecule has 104 valence electrons. The molecule has 0 atom stereocenters. The van der Waals surface area contributed by atoms with Crippen molar-refractivity contribution >= 4 is 21.4 Å². The maximum absolute atomic E-state index is 11.9. The fraction of sp³-hybridized carbons (Fsp3) is 0.133. The molecule has 0 spiro atoms. The van der Waals surface area contributed by atoms with Crippen LogP contribution < -0.4 is 5.32 Å². The Morgan fingerprint density at radius 2 is 1.75 bits per heavy atom. The predicted molar refractivity (Wildman–Crippen MR) is 78.3 cm³/mol. The zero-order chi connectivity index (χ0) is 14.6. The lowest BCUT2D eigenvalue weighted by molar-refractivity contribution is -0.115. The molecule has 1 N–H and O–H groups in total. The van der Waals surface area contributed by atoms with Gasteiger partial charge in [0.1, 0.15) is 0 Å². The van der Waals surface area contributed by atoms with Gasteiger partial charge in [0.25, 0.3) is 0 Å². The molecule has 2 rings (SSSR count). The molecule has 5 heteroatoms. The largest absolute Gasteiger partial charge is 0.326 e. The van der Waals surface area contributed by atoms with Crippen LogP contribution in [0.4, 0.5) is 5.69 Å². The molecule has 0 heterocycles. The van der Waals surface area contributed by atoms with Gasteiger partial charge in [-0.1, -0.05) is 36.4 Å². The lowest BCUT2D eigenvalue weighted by Gasteiger charge is -2.07. The molecular weight excluding hydrogens is 274 g/mol. The summed E-state index contributed by atoms with van der Waals surface area (Å²) in [6, 6.07) is 15.6. The zero-order valence-corrected chi connectivity index (χ0v) is 11.9. The number of hydrogen-bond donors (Lipinski definition) is 1. The van der Waals surface area contributed by atoms with Gasteiger partial charge in [-0.05, 0) is 23.8 Å². The van der Waals surface area contributed by atoms with Gasteiger partial charge in [0, 0.05) is 11.9 Å². The molecule has 2 aromatic rings. The van der Waals surface area contributed by atoms with Crippen LogP contribution in [0.1, 0.15) is 5.56 Å². The lowest BCUT2D eigenvalue weighted by Crippen LogP contribution is -2.14. The van der Waals surface area contributed by atoms with E-state index < -0.39 is 9.84 Å². The minimum Gasteiger partial charge on any atom is -0.326 e. The van der Waals surface area contributed by atoms with Crippen molar-refractivity contribution in [1.82, 2.24) is 0 Å². The van der Waals surface area contributed by atoms with Crippen LogP contribution in [0.3, 0.4) is 0 Å². The zero-order valence-electron chi connectivity index (χ0n) is 11.0. The third-order valence-corrected chi connectivity index (χ3v) is 3.86. The highest BCUT2D eigenvalue weighted by Gasteiger charge is 2.09. The topological polar surface area (TPSA) is 63.2 Å². The van der Waals surface area contributed by atoms with Crippen LogP contribution in [0.25, 0.3) is 0 Å². The number of rotatable bonds is 4. The Hall–Kier alpha value is -2.14. The maximum atomic E-state index is 11.9. The molecule has 0 saturated heterocycles. The molecule has 0 unspecified atom stereocenters. The molecule has 0 aromatic heterocycles. The Kier molecular flexibility index (Phi) is 4.20. The first kappa shape index (κ1) is 14.3. The summed E-state index contributed by atoms with van der Waals surface area (Å²) in [6.07, 6.45) is 1.39. The normalized spacial score (nSPS) is 11.1. The van der Waals surface area contributed by atoms with Gasteiger partial charge in [0.05, 0.1) is 11.3 Å². The van der Waals surface area contributed by atoms with Crippen molar-refractivity contribution in [2.24, 2.45) is 0 Å². The van der Waals surface area contributed by atoms with Crippen LogP contribution in [-0.2, 0) is 21.1 Å². The van der Waals surface area contributed by atoms with Crippen LogP contribution >= 0.6 is 0 Å². The molecule has 0 aliphatic heterocycles. The van der Waals surface area contributed by atoms with E-state index in [-0.39, 0.29) is 17.2 Å². The van der Waals surface area contributed by atoms with Crippen molar-refractivity contribution in [3.05, 3.63) is 60.2 Å². The predicted octanol–water partition coefficient (Wildman–Crippen LogP) is 2.27. The molecule has 0 bridgehead atoms. The van der Waals surface area contributed by atoms with Crippen molar-refractivity contribution in [3.8, 4) is 0 Å². The van der Waals surface area contributed by atoms with E-state index in [0.717, 1.165) is 11.8 Å². The quantitative estimate of drug-likeness (QED) is 0.939. The number of nitrogens with one attached hydrogen (secondary N) is 1. The summed E-state index contributed by atoms with van der Waals surface area (Å²) in [5.74, 6) is -0.179. The van der Waals surface area contributed by atoms with Gasteiger partial charge in [-0.15, -0.1) is 0 Å². The summed E-state index contributed by atoms with van der Waals surface area (Å²) >= 11 is 0. The van der Waals surface area contributed by atoms with Crippen molar-refractivity contribution in [1.29, 1.82) is 0 Å². The van der Waals surface area contributed by atoms with E-state index >= 15 is 0 Å². The second-order valence-corrected chi connectivity index (χ2v) is 6.53. The molecule has 0 fully saturated rings. The molecule has 0 aliphatic carbocycles. The number of anilines is 1. The number of carbonyl (C=O) groups is 1. The third kappa shape index (κ3) is 3.93. The molecular formula is C15H15NO3S. The summed E-state index contributed by atoms with van der Waals surface area (Å²) in [6.45, 7) is 0. The Morgan fingerprint density at radius 3 is 2.40 bits per heavy atom. The van der Waals surface area contributed by atoms with Crippen molar-refractivity contribution < 1.29 is 13.2 Å². The molecule has 0 radical (unpaired) electrons. The van der Waals surface area contributed by atoms with Gasteiger partial charge < -0.3 is 5.32 Å². The average Bonchev–Trinajstić information content (AvgIpc) is 2.39. The van der Waals surface area contributed by atoms with Gasteiger partial charge >= 0.3 is 0 Å². The smallest absolute Gasteiger partial charge is 0.228 e. The van der Waals surface area contributed by atoms with E-state index in [1.54, 1.807) is 12.1 Å². The first-order valence-electron chi connectivity index (χ1n) is 6.09. The second-order valence-electron chi connectivity index (χ2n) is 4.51. The van der Waals surface area contributed by atoms with Gasteiger partial charge in [-0.3, -0.25) is 4.79 Å². The molecule has 4 nitrogen and oxygen atoms in total. The second kappa shape index (κ2) is 5.88. The molecule has 2 aromatic carbocycles. The fourth-order valence-electron chi connectivity index (χ4n) is 1.79. The summed E-state index contributed by atoms with van der Waals surface area (Å²) in [7, 11) is -3.27. The van der Waals surface area contributed by atoms with E-state index in [0.29, 0.717) is 5.69 Å². The van der Waals surface area contributed by atoms with Crippen LogP contribution in [0, 0.1) is 0 Å². The van der Waals surface area contributed by atoms with Gasteiger partial charge in [-0.2, -0.15) is 0 Å². The first-order valence-corrected chi connectivity index (χ1v) is 7.98. The average molecular weight is 289 g/mol. The summed E-state index contributed by atoms with van der Waals surface area (Å²) in [4.78, 5) is 12.1. The van der Waals surface area contributed by atoms with E-state index in [4.69, 9.17) is 0 Å². The highest BCUT2D eigenvalue weighted by Crippen LogP contribution is 2.15. The molecule has 1 amide bonds. The standard InChI is InChI=1S/C15H15NO3S/c1-20(18,19)14-9-5-8-13(11-14)16-15(17)10-12-6-3-2-4-7-12/h2-9,11H,10H2,1H3,(H,16,17). The maximum Gasteiger partial charge on any atom is 0.228 e. The van der Waals surface area contributed by atoms with Crippen LogP contribution in [0.5, 0.6) is 0 Å². The fourth-order valence-corrected chi connectivity index (χ4v) is 2.46. The van der Waals surface area contributed by atoms with Crippen molar-refractivity contribution in [2.45, 2.75) is 11.3 Å². The van der Waals surface area contributed by atoms with Crippen LogP contribution in [0.2, 0.25) is 0 Å². The number of sulfone groups is 1. The van der Waals surface area contributed by atoms with E-state index in [9.17, 15) is 13.2 Å². The molecule has 0 saturated carbocycles. The Balaban J connectivity index is 2.09. The lowest BCUT2D eigenvalue weighted by atomic mass is 10.1. The highest BCUT2D eigenvalue weighted by molar-refractivity contribution is 7.90. The van der Waals surface area contributed by atoms with Gasteiger partial charge in [0.15, 0.2) is 9.84 Å². The van der Waals surface area contributed by atoms with E-state index in [1.165, 1.54) is 12.1 Å². The SMILES string of the molecule is CS(=O)(=O)c1cccc(NC(=O)Cc2ccccc2)c1. The number of carbonyl (C=O) groups excluding carboxylic acids is 1. The monoisotopic (exact) mass is 289 g/mol. The van der Waals surface area contributed by atoms with Gasteiger partial charge in [0.2, 0.25) is 5.91 Å². The summed E-state index contributed by atoms with van der Waals surface area (Å²) < 4.78 is 22.9. The molecule has 20 heavy (non-hydrogen) atoms. The minimum atomic E-state index is -3.27. The Labute approximate surface area is 118 Å². The summed E-state index contributed by atoms with van der Waals surface area (Å²) in [5.41, 5.74) is 1.39. The van der Waals surface area contributed by atoms with Crippen molar-refractivity contribution in [3.63, 3.8) is 0 Å². The summed E-state index contributed by atoms with van der Waals surface area (Å²) in [5, 5.41) is 2.70. The highest BCUT2D eigenvalue weighted by atomic mass is 32.2. The Bertz CT molecular complexity index is 709. The van der Waals surface area contributed by atoms with Crippen molar-refractivity contribution in [2.75, 3.05) is 11.6 Å². The minimum absolute atomic E-state index is 0.179. The third-order valence-electron chi connectivity index (χ3n) is 2.75. The molecule has 0 aliphatic rings. The van der Waals surface area contributed by atoms with Gasteiger partial charge in [-0.25, -0.2) is 8.42 Å². The number of amides is 1. The van der Waals surface area contributed by atoms with E-state index in [2.05, 4.69) is 5.32 Å². The van der Waals surface area contributed by atoms with Crippen LogP contribution in [0.15, 0.2) is 59.5 Å². The first-order chi connectivity index (χ1) is 9.45. The number of benzene rings is 2.